The molecule has 0 aliphatic heterocycles. The molecule has 0 saturated heterocycles. The predicted octanol–water partition coefficient (Wildman–Crippen LogP) is 3.05. The van der Waals surface area contributed by atoms with Crippen LogP contribution in [0.25, 0.3) is 0 Å². The minimum Gasteiger partial charge on any atom is -0.489 e. The molecule has 136 valence electrons. The fourth-order valence-electron chi connectivity index (χ4n) is 2.15. The van der Waals surface area contributed by atoms with Gasteiger partial charge in [-0.25, -0.2) is 0 Å². The summed E-state index contributed by atoms with van der Waals surface area (Å²) in [6, 6.07) is 14.1. The number of hydrogen-bond acceptors (Lipinski definition) is 4. The summed E-state index contributed by atoms with van der Waals surface area (Å²) < 4.78 is 5.53. The van der Waals surface area contributed by atoms with E-state index in [4.69, 9.17) is 4.74 Å². The number of rotatable bonds is 8. The molecule has 2 aromatic carbocycles. The van der Waals surface area contributed by atoms with E-state index < -0.39 is 0 Å². The average molecular weight is 353 g/mol. The third-order valence-electron chi connectivity index (χ3n) is 3.43. The maximum absolute atomic E-state index is 12.1. The Labute approximate surface area is 153 Å². The molecule has 0 aliphatic rings. The summed E-state index contributed by atoms with van der Waals surface area (Å²) in [5.41, 5.74) is 2.82. The first-order chi connectivity index (χ1) is 12.5. The van der Waals surface area contributed by atoms with Crippen molar-refractivity contribution in [2.24, 2.45) is 0 Å². The Morgan fingerprint density at radius 1 is 1.08 bits per heavy atom. The lowest BCUT2D eigenvalue weighted by molar-refractivity contribution is -0.114. The van der Waals surface area contributed by atoms with Gasteiger partial charge in [0.25, 0.3) is 5.91 Å². The quantitative estimate of drug-likeness (QED) is 0.637. The van der Waals surface area contributed by atoms with Crippen molar-refractivity contribution in [3.8, 4) is 5.75 Å². The van der Waals surface area contributed by atoms with Gasteiger partial charge in [-0.05, 0) is 55.0 Å². The molecule has 2 aromatic rings. The molecule has 0 fully saturated rings. The summed E-state index contributed by atoms with van der Waals surface area (Å²) in [4.78, 5) is 23.7. The molecular formula is C20H23N3O3. The van der Waals surface area contributed by atoms with E-state index in [1.807, 2.05) is 31.2 Å². The van der Waals surface area contributed by atoms with Crippen LogP contribution in [0.4, 0.5) is 11.4 Å². The molecule has 6 heteroatoms. The third-order valence-corrected chi connectivity index (χ3v) is 3.43. The minimum atomic E-state index is -0.207. The first kappa shape index (κ1) is 19.1. The van der Waals surface area contributed by atoms with Crippen LogP contribution in [0.1, 0.15) is 17.3 Å². The van der Waals surface area contributed by atoms with Crippen molar-refractivity contribution in [2.75, 3.05) is 30.8 Å². The van der Waals surface area contributed by atoms with E-state index in [0.717, 1.165) is 17.0 Å². The van der Waals surface area contributed by atoms with Gasteiger partial charge in [-0.1, -0.05) is 12.6 Å². The molecule has 0 aliphatic carbocycles. The summed E-state index contributed by atoms with van der Waals surface area (Å²) in [6.45, 7) is 6.27. The van der Waals surface area contributed by atoms with Crippen LogP contribution in [-0.4, -0.2) is 32.0 Å². The molecule has 2 amide bonds. The Hall–Kier alpha value is -3.28. The second-order valence-electron chi connectivity index (χ2n) is 5.83. The van der Waals surface area contributed by atoms with Crippen LogP contribution in [-0.2, 0) is 4.79 Å². The number of nitrogens with one attached hydrogen (secondary N) is 3. The molecule has 0 heterocycles. The molecule has 26 heavy (non-hydrogen) atoms. The highest BCUT2D eigenvalue weighted by Gasteiger charge is 2.06. The summed E-state index contributed by atoms with van der Waals surface area (Å²) in [5.74, 6) is 0.337. The van der Waals surface area contributed by atoms with E-state index in [1.165, 1.54) is 0 Å². The number of ether oxygens (including phenoxy) is 1. The van der Waals surface area contributed by atoms with Gasteiger partial charge in [-0.2, -0.15) is 0 Å². The van der Waals surface area contributed by atoms with Crippen molar-refractivity contribution in [2.45, 2.75) is 6.92 Å². The van der Waals surface area contributed by atoms with E-state index in [0.29, 0.717) is 17.9 Å². The Kier molecular flexibility index (Phi) is 6.79. The van der Waals surface area contributed by atoms with Crippen LogP contribution in [0.5, 0.6) is 5.75 Å². The SMILES string of the molecule is C=C(C)COc1ccc(NCC(=O)Nc2cccc(C(=O)NC)c2)cc1. The molecule has 0 unspecified atom stereocenters. The smallest absolute Gasteiger partial charge is 0.251 e. The van der Waals surface area contributed by atoms with Crippen LogP contribution in [0.2, 0.25) is 0 Å². The Morgan fingerprint density at radius 3 is 2.46 bits per heavy atom. The predicted molar refractivity (Wildman–Crippen MR) is 104 cm³/mol. The molecule has 0 spiro atoms. The summed E-state index contributed by atoms with van der Waals surface area (Å²) in [5, 5.41) is 8.35. The van der Waals surface area contributed by atoms with Crippen molar-refractivity contribution >= 4 is 23.2 Å². The van der Waals surface area contributed by atoms with Gasteiger partial charge in [-0.15, -0.1) is 0 Å². The highest BCUT2D eigenvalue weighted by molar-refractivity contribution is 5.98. The van der Waals surface area contributed by atoms with Crippen LogP contribution in [0.15, 0.2) is 60.7 Å². The Morgan fingerprint density at radius 2 is 1.81 bits per heavy atom. The second-order valence-corrected chi connectivity index (χ2v) is 5.83. The standard InChI is InChI=1S/C20H23N3O3/c1-14(2)13-26-18-9-7-16(8-10-18)22-12-19(24)23-17-6-4-5-15(11-17)20(25)21-3/h4-11,22H,1,12-13H2,2-3H3,(H,21,25)(H,23,24). The first-order valence-electron chi connectivity index (χ1n) is 8.21. The van der Waals surface area contributed by atoms with Gasteiger partial charge in [0.15, 0.2) is 0 Å². The van der Waals surface area contributed by atoms with Crippen LogP contribution in [0.3, 0.4) is 0 Å². The maximum atomic E-state index is 12.1. The molecule has 0 radical (unpaired) electrons. The van der Waals surface area contributed by atoms with Gasteiger partial charge in [0, 0.05) is 24.0 Å². The van der Waals surface area contributed by atoms with Gasteiger partial charge < -0.3 is 20.7 Å². The second kappa shape index (κ2) is 9.27. The highest BCUT2D eigenvalue weighted by Crippen LogP contribution is 2.16. The van der Waals surface area contributed by atoms with Gasteiger partial charge in [0.05, 0.1) is 6.54 Å². The van der Waals surface area contributed by atoms with E-state index >= 15 is 0 Å². The monoisotopic (exact) mass is 353 g/mol. The largest absolute Gasteiger partial charge is 0.489 e. The molecule has 0 bridgehead atoms. The number of carbonyl (C=O) groups excluding carboxylic acids is 2. The van der Waals surface area contributed by atoms with E-state index in [2.05, 4.69) is 22.5 Å². The molecular weight excluding hydrogens is 330 g/mol. The molecule has 0 aromatic heterocycles. The lowest BCUT2D eigenvalue weighted by Crippen LogP contribution is -2.22. The number of hydrogen-bond donors (Lipinski definition) is 3. The van der Waals surface area contributed by atoms with Crippen LogP contribution >= 0.6 is 0 Å². The van der Waals surface area contributed by atoms with E-state index in [-0.39, 0.29) is 18.4 Å². The fourth-order valence-corrected chi connectivity index (χ4v) is 2.15. The fraction of sp³-hybridized carbons (Fsp3) is 0.200. The van der Waals surface area contributed by atoms with E-state index in [9.17, 15) is 9.59 Å². The Balaban J connectivity index is 1.85. The van der Waals surface area contributed by atoms with Crippen molar-refractivity contribution < 1.29 is 14.3 Å². The zero-order chi connectivity index (χ0) is 18.9. The van der Waals surface area contributed by atoms with Crippen molar-refractivity contribution in [1.82, 2.24) is 5.32 Å². The molecule has 2 rings (SSSR count). The van der Waals surface area contributed by atoms with Gasteiger partial charge in [-0.3, -0.25) is 9.59 Å². The third kappa shape index (κ3) is 5.98. The van der Waals surface area contributed by atoms with Gasteiger partial charge in [0.2, 0.25) is 5.91 Å². The number of benzene rings is 2. The zero-order valence-electron chi connectivity index (χ0n) is 15.0. The molecule has 3 N–H and O–H groups in total. The van der Waals surface area contributed by atoms with Crippen LogP contribution in [0, 0.1) is 0 Å². The lowest BCUT2D eigenvalue weighted by Gasteiger charge is -2.10. The molecule has 0 atom stereocenters. The van der Waals surface area contributed by atoms with Gasteiger partial charge in [0.1, 0.15) is 12.4 Å². The van der Waals surface area contributed by atoms with Crippen molar-refractivity contribution in [3.63, 3.8) is 0 Å². The molecule has 6 nitrogen and oxygen atoms in total. The highest BCUT2D eigenvalue weighted by atomic mass is 16.5. The number of carbonyl (C=O) groups is 2. The number of amides is 2. The first-order valence-corrected chi connectivity index (χ1v) is 8.21. The zero-order valence-corrected chi connectivity index (χ0v) is 15.0. The van der Waals surface area contributed by atoms with Crippen LogP contribution < -0.4 is 20.7 Å². The normalized spacial score (nSPS) is 9.92. The van der Waals surface area contributed by atoms with Crippen molar-refractivity contribution in [3.05, 3.63) is 66.2 Å². The summed E-state index contributed by atoms with van der Waals surface area (Å²) in [6.07, 6.45) is 0. The minimum absolute atomic E-state index is 0.107. The van der Waals surface area contributed by atoms with Crippen molar-refractivity contribution in [1.29, 1.82) is 0 Å². The van der Waals surface area contributed by atoms with Gasteiger partial charge >= 0.3 is 0 Å². The topological polar surface area (TPSA) is 79.5 Å². The summed E-state index contributed by atoms with van der Waals surface area (Å²) in [7, 11) is 1.56. The Bertz CT molecular complexity index is 785. The molecule has 0 saturated carbocycles. The average Bonchev–Trinajstić information content (AvgIpc) is 2.65. The number of anilines is 2. The summed E-state index contributed by atoms with van der Waals surface area (Å²) >= 11 is 0. The maximum Gasteiger partial charge on any atom is 0.251 e. The lowest BCUT2D eigenvalue weighted by atomic mass is 10.2. The van der Waals surface area contributed by atoms with E-state index in [1.54, 1.807) is 31.3 Å².